The Labute approximate surface area is 158 Å². The summed E-state index contributed by atoms with van der Waals surface area (Å²) in [6.45, 7) is 1.69. The quantitative estimate of drug-likeness (QED) is 0.454. The molecule has 1 saturated carbocycles. The third-order valence-electron chi connectivity index (χ3n) is 5.14. The molecule has 26 heavy (non-hydrogen) atoms. The Kier molecular flexibility index (Phi) is 5.63. The highest BCUT2D eigenvalue weighted by Gasteiger charge is 2.39. The van der Waals surface area contributed by atoms with Crippen molar-refractivity contribution in [2.75, 3.05) is 6.26 Å². The number of hydrogen-bond donors (Lipinski definition) is 0. The second-order valence-electron chi connectivity index (χ2n) is 6.72. The minimum atomic E-state index is -0.434. The molecule has 2 amide bonds. The van der Waals surface area contributed by atoms with Crippen LogP contribution < -0.4 is 0 Å². The predicted molar refractivity (Wildman–Crippen MR) is 103 cm³/mol. The number of nitrogens with zero attached hydrogens (tertiary/aromatic N) is 2. The van der Waals surface area contributed by atoms with E-state index in [-0.39, 0.29) is 17.5 Å². The summed E-state index contributed by atoms with van der Waals surface area (Å²) < 4.78 is 0. The van der Waals surface area contributed by atoms with Crippen LogP contribution >= 0.6 is 11.8 Å². The zero-order chi connectivity index (χ0) is 18.7. The molecule has 0 bridgehead atoms. The van der Waals surface area contributed by atoms with Gasteiger partial charge in [-0.1, -0.05) is 31.4 Å². The minimum Gasteiger partial charge on any atom is -0.271 e. The first-order valence-corrected chi connectivity index (χ1v) is 10.1. The Morgan fingerprint density at radius 2 is 1.77 bits per heavy atom. The smallest absolute Gasteiger partial charge is 0.271 e. The lowest BCUT2D eigenvalue weighted by atomic mass is 9.88. The van der Waals surface area contributed by atoms with E-state index in [0.717, 1.165) is 42.6 Å². The molecule has 0 atom stereocenters. The van der Waals surface area contributed by atoms with Crippen molar-refractivity contribution in [3.8, 4) is 6.07 Å². The van der Waals surface area contributed by atoms with Gasteiger partial charge in [-0.15, -0.1) is 11.8 Å². The molecule has 0 radical (unpaired) electrons. The van der Waals surface area contributed by atoms with Crippen molar-refractivity contribution in [1.82, 2.24) is 4.90 Å². The van der Waals surface area contributed by atoms with E-state index in [1.54, 1.807) is 24.8 Å². The maximum atomic E-state index is 13.1. The lowest BCUT2D eigenvalue weighted by Crippen LogP contribution is -2.49. The van der Waals surface area contributed by atoms with Crippen molar-refractivity contribution in [3.05, 3.63) is 46.5 Å². The molecule has 1 heterocycles. The van der Waals surface area contributed by atoms with Gasteiger partial charge in [0.15, 0.2) is 0 Å². The first-order chi connectivity index (χ1) is 12.6. The number of carbonyl (C=O) groups excluding carboxylic acids is 2. The van der Waals surface area contributed by atoms with Gasteiger partial charge < -0.3 is 0 Å². The fraction of sp³-hybridized carbons (Fsp3) is 0.381. The minimum absolute atomic E-state index is 0.0853. The first-order valence-electron chi connectivity index (χ1n) is 8.91. The summed E-state index contributed by atoms with van der Waals surface area (Å²) in [6, 6.07) is 9.82. The standard InChI is InChI=1S/C21H22N2O2S/c1-14-18(12-15-8-10-17(26-2)11-9-15)20(24)23(21(25)19(14)13-22)16-6-4-3-5-7-16/h8-12,16H,3-7H2,1-2H3/b18-12+. The molecule has 0 spiro atoms. The molecule has 0 saturated heterocycles. The lowest BCUT2D eigenvalue weighted by Gasteiger charge is -2.36. The molecule has 0 aromatic heterocycles. The summed E-state index contributed by atoms with van der Waals surface area (Å²) in [4.78, 5) is 28.4. The molecule has 1 aliphatic heterocycles. The van der Waals surface area contributed by atoms with Gasteiger partial charge in [0.25, 0.3) is 11.8 Å². The van der Waals surface area contributed by atoms with Crippen LogP contribution in [0.1, 0.15) is 44.6 Å². The van der Waals surface area contributed by atoms with E-state index in [2.05, 4.69) is 0 Å². The average Bonchev–Trinajstić information content (AvgIpc) is 2.67. The van der Waals surface area contributed by atoms with Crippen molar-refractivity contribution >= 4 is 29.7 Å². The summed E-state index contributed by atoms with van der Waals surface area (Å²) in [7, 11) is 0. The number of benzene rings is 1. The van der Waals surface area contributed by atoms with Crippen LogP contribution in [-0.2, 0) is 9.59 Å². The molecule has 134 valence electrons. The first kappa shape index (κ1) is 18.5. The molecular formula is C21H22N2O2S. The second-order valence-corrected chi connectivity index (χ2v) is 7.59. The van der Waals surface area contributed by atoms with E-state index in [0.29, 0.717) is 11.1 Å². The van der Waals surface area contributed by atoms with Crippen LogP contribution in [0.2, 0.25) is 0 Å². The van der Waals surface area contributed by atoms with Gasteiger partial charge in [0.05, 0.1) is 0 Å². The highest BCUT2D eigenvalue weighted by Crippen LogP contribution is 2.32. The molecule has 0 N–H and O–H groups in total. The number of amides is 2. The number of rotatable bonds is 3. The number of imide groups is 1. The van der Waals surface area contributed by atoms with Gasteiger partial charge in [0.2, 0.25) is 0 Å². The highest BCUT2D eigenvalue weighted by atomic mass is 32.2. The van der Waals surface area contributed by atoms with E-state index in [9.17, 15) is 14.9 Å². The van der Waals surface area contributed by atoms with Crippen LogP contribution in [0.5, 0.6) is 0 Å². The van der Waals surface area contributed by atoms with E-state index in [1.165, 1.54) is 4.90 Å². The van der Waals surface area contributed by atoms with Gasteiger partial charge in [-0.25, -0.2) is 0 Å². The Morgan fingerprint density at radius 1 is 1.12 bits per heavy atom. The molecule has 5 heteroatoms. The van der Waals surface area contributed by atoms with Crippen LogP contribution in [0.4, 0.5) is 0 Å². The zero-order valence-electron chi connectivity index (χ0n) is 15.1. The summed E-state index contributed by atoms with van der Waals surface area (Å²) >= 11 is 1.66. The van der Waals surface area contributed by atoms with E-state index in [1.807, 2.05) is 36.6 Å². The molecule has 0 unspecified atom stereocenters. The fourth-order valence-corrected chi connectivity index (χ4v) is 4.05. The topological polar surface area (TPSA) is 61.2 Å². The number of nitriles is 1. The number of hydrogen-bond acceptors (Lipinski definition) is 4. The van der Waals surface area contributed by atoms with Crippen molar-refractivity contribution in [3.63, 3.8) is 0 Å². The largest absolute Gasteiger partial charge is 0.271 e. The van der Waals surface area contributed by atoms with Crippen molar-refractivity contribution in [2.24, 2.45) is 0 Å². The fourth-order valence-electron chi connectivity index (χ4n) is 3.64. The Hall–Kier alpha value is -2.32. The van der Waals surface area contributed by atoms with E-state index < -0.39 is 5.91 Å². The second kappa shape index (κ2) is 7.92. The van der Waals surface area contributed by atoms with Gasteiger partial charge in [-0.2, -0.15) is 5.26 Å². The molecule has 4 nitrogen and oxygen atoms in total. The highest BCUT2D eigenvalue weighted by molar-refractivity contribution is 7.98. The molecular weight excluding hydrogens is 344 g/mol. The maximum Gasteiger partial charge on any atom is 0.271 e. The van der Waals surface area contributed by atoms with Gasteiger partial charge in [-0.3, -0.25) is 14.5 Å². The van der Waals surface area contributed by atoms with Gasteiger partial charge in [0.1, 0.15) is 11.6 Å². The molecule has 2 aliphatic rings. The summed E-state index contributed by atoms with van der Waals surface area (Å²) in [6.07, 6.45) is 8.62. The van der Waals surface area contributed by atoms with Crippen molar-refractivity contribution < 1.29 is 9.59 Å². The third-order valence-corrected chi connectivity index (χ3v) is 5.88. The molecule has 1 aromatic carbocycles. The SMILES string of the molecule is CSc1ccc(/C=C2/C(=O)N(C3CCCCC3)C(=O)C(C#N)=C2C)cc1. The van der Waals surface area contributed by atoms with E-state index >= 15 is 0 Å². The van der Waals surface area contributed by atoms with Gasteiger partial charge in [-0.05, 0) is 55.4 Å². The van der Waals surface area contributed by atoms with Crippen molar-refractivity contribution in [2.45, 2.75) is 50.0 Å². The van der Waals surface area contributed by atoms with E-state index in [4.69, 9.17) is 0 Å². The van der Waals surface area contributed by atoms with Crippen LogP contribution in [0, 0.1) is 11.3 Å². The van der Waals surface area contributed by atoms with Gasteiger partial charge in [0, 0.05) is 16.5 Å². The van der Waals surface area contributed by atoms with Crippen LogP contribution in [0.25, 0.3) is 6.08 Å². The number of carbonyl (C=O) groups is 2. The lowest BCUT2D eigenvalue weighted by molar-refractivity contribution is -0.143. The Balaban J connectivity index is 2.03. The van der Waals surface area contributed by atoms with Crippen LogP contribution in [0.3, 0.4) is 0 Å². The summed E-state index contributed by atoms with van der Waals surface area (Å²) in [5.74, 6) is -0.705. The van der Waals surface area contributed by atoms with Crippen LogP contribution in [0.15, 0.2) is 45.9 Å². The molecule has 1 fully saturated rings. The van der Waals surface area contributed by atoms with Gasteiger partial charge >= 0.3 is 0 Å². The predicted octanol–water partition coefficient (Wildman–Crippen LogP) is 4.33. The molecule has 1 aromatic rings. The summed E-state index contributed by atoms with van der Waals surface area (Å²) in [5.41, 5.74) is 1.90. The number of thioether (sulfide) groups is 1. The molecule has 1 aliphatic carbocycles. The molecule has 3 rings (SSSR count). The zero-order valence-corrected chi connectivity index (χ0v) is 15.9. The normalized spacial score (nSPS) is 20.7. The maximum absolute atomic E-state index is 13.1. The third kappa shape index (κ3) is 3.47. The Morgan fingerprint density at radius 3 is 2.35 bits per heavy atom. The summed E-state index contributed by atoms with van der Waals surface area (Å²) in [5, 5.41) is 9.49. The average molecular weight is 366 g/mol. The Bertz CT molecular complexity index is 825. The monoisotopic (exact) mass is 366 g/mol. The van der Waals surface area contributed by atoms with Crippen molar-refractivity contribution in [1.29, 1.82) is 5.26 Å². The van der Waals surface area contributed by atoms with Crippen LogP contribution in [-0.4, -0.2) is 29.0 Å².